The molecule has 0 aliphatic rings. The lowest BCUT2D eigenvalue weighted by Crippen LogP contribution is -2.32. The lowest BCUT2D eigenvalue weighted by molar-refractivity contribution is -0.117. The quantitative estimate of drug-likeness (QED) is 0.828. The molecule has 19 heavy (non-hydrogen) atoms. The van der Waals surface area contributed by atoms with Crippen LogP contribution in [0.4, 0.5) is 5.69 Å². The van der Waals surface area contributed by atoms with Crippen LogP contribution in [0, 0.1) is 0 Å². The van der Waals surface area contributed by atoms with Crippen LogP contribution in [0.5, 0.6) is 5.75 Å². The number of nitrogens with zero attached hydrogens (tertiary/aromatic N) is 1. The molecule has 3 N–H and O–H groups in total. The van der Waals surface area contributed by atoms with Crippen molar-refractivity contribution in [2.24, 2.45) is 5.73 Å². The van der Waals surface area contributed by atoms with E-state index in [-0.39, 0.29) is 18.3 Å². The smallest absolute Gasteiger partial charge is 0.240 e. The molecule has 5 nitrogen and oxygen atoms in total. The number of hydrogen-bond acceptors (Lipinski definition) is 4. The maximum Gasteiger partial charge on any atom is 0.240 e. The summed E-state index contributed by atoms with van der Waals surface area (Å²) < 4.78 is 5.55. The first kappa shape index (κ1) is 17.7. The van der Waals surface area contributed by atoms with Crippen molar-refractivity contribution in [3.63, 3.8) is 0 Å². The van der Waals surface area contributed by atoms with Crippen LogP contribution in [0.15, 0.2) is 24.3 Å². The van der Waals surface area contributed by atoms with Gasteiger partial charge in [0.25, 0.3) is 0 Å². The highest BCUT2D eigenvalue weighted by atomic mass is 35.5. The third-order valence-electron chi connectivity index (χ3n) is 2.34. The van der Waals surface area contributed by atoms with E-state index in [4.69, 9.17) is 10.5 Å². The Morgan fingerprint density at radius 1 is 1.37 bits per heavy atom. The minimum absolute atomic E-state index is 0. The van der Waals surface area contributed by atoms with Gasteiger partial charge in [-0.3, -0.25) is 4.79 Å². The summed E-state index contributed by atoms with van der Waals surface area (Å²) in [5.41, 5.74) is 6.19. The zero-order chi connectivity index (χ0) is 13.5. The van der Waals surface area contributed by atoms with Gasteiger partial charge in [0.2, 0.25) is 5.91 Å². The molecular formula is C13H22ClN3O2. The van der Waals surface area contributed by atoms with E-state index in [1.807, 2.05) is 26.2 Å². The van der Waals surface area contributed by atoms with Crippen LogP contribution in [0.2, 0.25) is 0 Å². The largest absolute Gasteiger partial charge is 0.492 e. The van der Waals surface area contributed by atoms with Crippen LogP contribution in [-0.2, 0) is 4.79 Å². The van der Waals surface area contributed by atoms with E-state index < -0.39 is 6.04 Å². The Morgan fingerprint density at radius 2 is 1.95 bits per heavy atom. The van der Waals surface area contributed by atoms with Crippen LogP contribution in [-0.4, -0.2) is 44.1 Å². The summed E-state index contributed by atoms with van der Waals surface area (Å²) in [6.45, 7) is 3.15. The highest BCUT2D eigenvalue weighted by Gasteiger charge is 2.07. The molecule has 0 bridgehead atoms. The SMILES string of the molecule is CC(N)C(=O)Nc1ccc(OCCN(C)C)cc1.Cl. The number of anilines is 1. The standard InChI is InChI=1S/C13H21N3O2.ClH/c1-10(14)13(17)15-11-4-6-12(7-5-11)18-9-8-16(2)3;/h4-7,10H,8-9,14H2,1-3H3,(H,15,17);1H. The molecule has 0 spiro atoms. The summed E-state index contributed by atoms with van der Waals surface area (Å²) in [5, 5.41) is 2.72. The molecule has 0 radical (unpaired) electrons. The van der Waals surface area contributed by atoms with E-state index in [2.05, 4.69) is 10.2 Å². The van der Waals surface area contributed by atoms with Crippen molar-refractivity contribution in [3.8, 4) is 5.75 Å². The maximum atomic E-state index is 11.4. The van der Waals surface area contributed by atoms with Crippen LogP contribution in [0.3, 0.4) is 0 Å². The number of nitrogens with two attached hydrogens (primary N) is 1. The van der Waals surface area contributed by atoms with E-state index >= 15 is 0 Å². The second-order valence-electron chi connectivity index (χ2n) is 4.45. The Bertz CT molecular complexity index is 380. The predicted octanol–water partition coefficient (Wildman–Crippen LogP) is 1.33. The highest BCUT2D eigenvalue weighted by molar-refractivity contribution is 5.94. The fourth-order valence-corrected chi connectivity index (χ4v) is 1.24. The maximum absolute atomic E-state index is 11.4. The monoisotopic (exact) mass is 287 g/mol. The molecule has 0 saturated carbocycles. The van der Waals surface area contributed by atoms with Crippen LogP contribution in [0.25, 0.3) is 0 Å². The lowest BCUT2D eigenvalue weighted by atomic mass is 10.2. The first-order valence-corrected chi connectivity index (χ1v) is 5.93. The molecule has 108 valence electrons. The summed E-state index contributed by atoms with van der Waals surface area (Å²) in [6.07, 6.45) is 0. The number of nitrogens with one attached hydrogen (secondary N) is 1. The van der Waals surface area contributed by atoms with Gasteiger partial charge >= 0.3 is 0 Å². The fraction of sp³-hybridized carbons (Fsp3) is 0.462. The van der Waals surface area contributed by atoms with E-state index in [1.54, 1.807) is 19.1 Å². The normalized spacial score (nSPS) is 11.6. The first-order chi connectivity index (χ1) is 8.49. The number of ether oxygens (including phenoxy) is 1. The molecule has 1 atom stereocenters. The van der Waals surface area contributed by atoms with E-state index in [0.29, 0.717) is 6.61 Å². The van der Waals surface area contributed by atoms with Crippen molar-refractivity contribution in [2.45, 2.75) is 13.0 Å². The van der Waals surface area contributed by atoms with Crippen molar-refractivity contribution >= 4 is 24.0 Å². The van der Waals surface area contributed by atoms with Crippen molar-refractivity contribution in [2.75, 3.05) is 32.6 Å². The number of likely N-dealkylation sites (N-methyl/N-ethyl adjacent to an activating group) is 1. The number of benzene rings is 1. The molecule has 0 fully saturated rings. The second kappa shape index (κ2) is 8.74. The Balaban J connectivity index is 0.00000324. The average Bonchev–Trinajstić information content (AvgIpc) is 2.30. The number of halogens is 1. The summed E-state index contributed by atoms with van der Waals surface area (Å²) in [7, 11) is 3.99. The van der Waals surface area contributed by atoms with Crippen molar-refractivity contribution in [1.82, 2.24) is 4.90 Å². The molecule has 0 aliphatic heterocycles. The van der Waals surface area contributed by atoms with E-state index in [9.17, 15) is 4.79 Å². The molecule has 1 unspecified atom stereocenters. The molecule has 0 heterocycles. The molecule has 0 saturated heterocycles. The topological polar surface area (TPSA) is 67.6 Å². The van der Waals surface area contributed by atoms with Gasteiger partial charge in [-0.25, -0.2) is 0 Å². The minimum Gasteiger partial charge on any atom is -0.492 e. The fourth-order valence-electron chi connectivity index (χ4n) is 1.24. The van der Waals surface area contributed by atoms with Crippen molar-refractivity contribution in [3.05, 3.63) is 24.3 Å². The highest BCUT2D eigenvalue weighted by Crippen LogP contribution is 2.15. The van der Waals surface area contributed by atoms with Crippen LogP contribution in [0.1, 0.15) is 6.92 Å². The predicted molar refractivity (Wildman–Crippen MR) is 80.0 cm³/mol. The molecule has 1 aromatic carbocycles. The number of carbonyl (C=O) groups is 1. The molecular weight excluding hydrogens is 266 g/mol. The van der Waals surface area contributed by atoms with E-state index in [0.717, 1.165) is 18.0 Å². The van der Waals surface area contributed by atoms with Gasteiger partial charge in [-0.2, -0.15) is 0 Å². The van der Waals surface area contributed by atoms with Gasteiger partial charge in [-0.05, 0) is 45.3 Å². The number of amides is 1. The van der Waals surface area contributed by atoms with Crippen LogP contribution < -0.4 is 15.8 Å². The second-order valence-corrected chi connectivity index (χ2v) is 4.45. The summed E-state index contributed by atoms with van der Waals surface area (Å²) in [6, 6.07) is 6.73. The van der Waals surface area contributed by atoms with Gasteiger partial charge in [-0.15, -0.1) is 12.4 Å². The number of hydrogen-bond donors (Lipinski definition) is 2. The van der Waals surface area contributed by atoms with Gasteiger partial charge < -0.3 is 20.7 Å². The minimum atomic E-state index is -0.513. The zero-order valence-electron chi connectivity index (χ0n) is 11.6. The van der Waals surface area contributed by atoms with Crippen LogP contribution >= 0.6 is 12.4 Å². The van der Waals surface area contributed by atoms with Gasteiger partial charge in [0.1, 0.15) is 12.4 Å². The summed E-state index contributed by atoms with van der Waals surface area (Å²) in [4.78, 5) is 13.4. The van der Waals surface area contributed by atoms with Gasteiger partial charge in [0, 0.05) is 12.2 Å². The Kier molecular flexibility index (Phi) is 8.14. The van der Waals surface area contributed by atoms with Gasteiger partial charge in [0.05, 0.1) is 6.04 Å². The van der Waals surface area contributed by atoms with Crippen molar-refractivity contribution in [1.29, 1.82) is 0 Å². The molecule has 1 aromatic rings. The number of carbonyl (C=O) groups excluding carboxylic acids is 1. The first-order valence-electron chi connectivity index (χ1n) is 5.93. The Labute approximate surface area is 120 Å². The molecule has 1 amide bonds. The molecule has 1 rings (SSSR count). The third-order valence-corrected chi connectivity index (χ3v) is 2.34. The van der Waals surface area contributed by atoms with Gasteiger partial charge in [0.15, 0.2) is 0 Å². The third kappa shape index (κ3) is 7.00. The summed E-state index contributed by atoms with van der Waals surface area (Å²) in [5.74, 6) is 0.590. The van der Waals surface area contributed by atoms with E-state index in [1.165, 1.54) is 0 Å². The van der Waals surface area contributed by atoms with Gasteiger partial charge in [-0.1, -0.05) is 0 Å². The summed E-state index contributed by atoms with van der Waals surface area (Å²) >= 11 is 0. The lowest BCUT2D eigenvalue weighted by Gasteiger charge is -2.12. The molecule has 6 heteroatoms. The number of rotatable bonds is 6. The molecule has 0 aromatic heterocycles. The molecule has 0 aliphatic carbocycles. The Morgan fingerprint density at radius 3 is 2.42 bits per heavy atom. The Hall–Kier alpha value is -1.30. The average molecular weight is 288 g/mol. The zero-order valence-corrected chi connectivity index (χ0v) is 12.4. The van der Waals surface area contributed by atoms with Crippen molar-refractivity contribution < 1.29 is 9.53 Å².